The summed E-state index contributed by atoms with van der Waals surface area (Å²) < 4.78 is 43.2. The molecule has 0 spiro atoms. The summed E-state index contributed by atoms with van der Waals surface area (Å²) in [6.45, 7) is 2.62. The number of nitrogens with zero attached hydrogens (tertiary/aromatic N) is 6. The lowest BCUT2D eigenvalue weighted by Crippen LogP contribution is -2.24. The van der Waals surface area contributed by atoms with Crippen molar-refractivity contribution in [3.63, 3.8) is 0 Å². The number of esters is 1. The fourth-order valence-corrected chi connectivity index (χ4v) is 6.57. The van der Waals surface area contributed by atoms with Crippen LogP contribution in [0.25, 0.3) is 22.0 Å². The molecule has 4 aromatic heterocycles. The third kappa shape index (κ3) is 7.56. The third-order valence-electron chi connectivity index (χ3n) is 8.08. The summed E-state index contributed by atoms with van der Waals surface area (Å²) in [5.41, 5.74) is 0.737. The van der Waals surface area contributed by atoms with Gasteiger partial charge in [-0.1, -0.05) is 12.8 Å². The normalized spacial score (nSPS) is 18.5. The van der Waals surface area contributed by atoms with Gasteiger partial charge in [-0.2, -0.15) is 14.6 Å². The number of ether oxygens (including phenoxy) is 2. The van der Waals surface area contributed by atoms with Gasteiger partial charge in [0, 0.05) is 29.9 Å². The maximum atomic E-state index is 14.8. The Bertz CT molecular complexity index is 1630. The van der Waals surface area contributed by atoms with Crippen molar-refractivity contribution in [3.8, 4) is 22.0 Å². The van der Waals surface area contributed by atoms with Crippen molar-refractivity contribution in [2.45, 2.75) is 77.2 Å². The summed E-state index contributed by atoms with van der Waals surface area (Å²) in [7, 11) is 0. The van der Waals surface area contributed by atoms with Crippen LogP contribution in [-0.4, -0.2) is 54.1 Å². The Balaban J connectivity index is 0.00000400. The monoisotopic (exact) mass is 661 g/mol. The minimum atomic E-state index is -0.858. The second-order valence-electron chi connectivity index (χ2n) is 11.1. The summed E-state index contributed by atoms with van der Waals surface area (Å²) in [5, 5.41) is 13.7. The highest BCUT2D eigenvalue weighted by molar-refractivity contribution is 7.13. The van der Waals surface area contributed by atoms with Gasteiger partial charge in [0.2, 0.25) is 5.95 Å². The third-order valence-corrected chi connectivity index (χ3v) is 8.97. The molecule has 0 unspecified atom stereocenters. The molecule has 0 aliphatic heterocycles. The number of halogens is 3. The predicted octanol–water partition coefficient (Wildman–Crippen LogP) is 6.43. The molecule has 4 aromatic rings. The Morgan fingerprint density at radius 2 is 1.82 bits per heavy atom. The van der Waals surface area contributed by atoms with Crippen molar-refractivity contribution < 1.29 is 27.8 Å². The summed E-state index contributed by atoms with van der Waals surface area (Å²) in [6.07, 6.45) is 12.2. The molecule has 6 rings (SSSR count). The molecule has 2 saturated carbocycles. The lowest BCUT2D eigenvalue weighted by Gasteiger charge is -2.28. The second-order valence-corrected chi connectivity index (χ2v) is 11.9. The van der Waals surface area contributed by atoms with Gasteiger partial charge in [0.05, 0.1) is 29.9 Å². The van der Waals surface area contributed by atoms with E-state index in [1.807, 2.05) is 6.92 Å². The van der Waals surface area contributed by atoms with Crippen molar-refractivity contribution in [2.24, 2.45) is 5.92 Å². The summed E-state index contributed by atoms with van der Waals surface area (Å²) in [5.74, 6) is -2.40. The highest BCUT2D eigenvalue weighted by atomic mass is 35.5. The highest BCUT2D eigenvalue weighted by Crippen LogP contribution is 2.35. The molecule has 2 aliphatic carbocycles. The molecule has 0 bridgehead atoms. The number of rotatable bonds is 10. The van der Waals surface area contributed by atoms with E-state index in [-0.39, 0.29) is 65.9 Å². The Hall–Kier alpha value is -3.75. The second kappa shape index (κ2) is 14.6. The van der Waals surface area contributed by atoms with Crippen LogP contribution in [0.2, 0.25) is 0 Å². The number of anilines is 1. The van der Waals surface area contributed by atoms with E-state index in [1.54, 1.807) is 28.7 Å². The van der Waals surface area contributed by atoms with Gasteiger partial charge < -0.3 is 14.8 Å². The first-order chi connectivity index (χ1) is 21.4. The van der Waals surface area contributed by atoms with Gasteiger partial charge in [-0.25, -0.2) is 19.0 Å². The fraction of sp³-hybridized carbons (Fsp3) is 0.467. The molecule has 2 aliphatic rings. The van der Waals surface area contributed by atoms with Gasteiger partial charge >= 0.3 is 5.97 Å². The molecule has 0 aromatic carbocycles. The SMILES string of the molecule is CCOC1CCC(n2cc(NC(=O)c3csc(-c4cnn(COC(=O)C5CCCC5)c4)n3)c(-c3nc(F)ccc3F)n2)CC1.Cl. The molecule has 11 nitrogen and oxygen atoms in total. The first-order valence-electron chi connectivity index (χ1n) is 14.9. The molecule has 1 N–H and O–H groups in total. The fourth-order valence-electron chi connectivity index (χ4n) is 5.79. The lowest BCUT2D eigenvalue weighted by molar-refractivity contribution is -0.152. The van der Waals surface area contributed by atoms with Crippen LogP contribution in [0.1, 0.15) is 74.8 Å². The smallest absolute Gasteiger partial charge is 0.310 e. The first-order valence-corrected chi connectivity index (χ1v) is 15.8. The zero-order chi connectivity index (χ0) is 30.6. The molecular weight excluding hydrogens is 628 g/mol. The number of aromatic nitrogens is 6. The van der Waals surface area contributed by atoms with E-state index in [0.29, 0.717) is 17.2 Å². The molecule has 240 valence electrons. The van der Waals surface area contributed by atoms with E-state index in [0.717, 1.165) is 63.5 Å². The highest BCUT2D eigenvalue weighted by Gasteiger charge is 2.27. The molecule has 0 radical (unpaired) electrons. The molecular formula is C30H34ClF2N7O4S. The van der Waals surface area contributed by atoms with E-state index in [9.17, 15) is 18.4 Å². The van der Waals surface area contributed by atoms with Crippen molar-refractivity contribution in [1.82, 2.24) is 29.5 Å². The standard InChI is InChI=1S/C30H33F2N7O4S.ClH/c1-2-42-21-9-7-20(8-10-21)39-15-23(27(37-39)26-22(31)11-12-25(32)36-26)34-28(40)24-16-44-29(35-24)19-13-33-38(14-19)17-43-30(41)18-5-3-4-6-18;/h11-16,18,20-21H,2-10,17H2,1H3,(H,34,40);1H. The summed E-state index contributed by atoms with van der Waals surface area (Å²) >= 11 is 1.25. The number of hydrogen-bond acceptors (Lipinski definition) is 9. The van der Waals surface area contributed by atoms with Gasteiger partial charge in [-0.3, -0.25) is 14.3 Å². The van der Waals surface area contributed by atoms with Gasteiger partial charge in [-0.15, -0.1) is 23.7 Å². The van der Waals surface area contributed by atoms with Crippen molar-refractivity contribution in [3.05, 3.63) is 53.6 Å². The van der Waals surface area contributed by atoms with Crippen molar-refractivity contribution in [1.29, 1.82) is 0 Å². The minimum Gasteiger partial charge on any atom is -0.442 e. The Morgan fingerprint density at radius 3 is 2.58 bits per heavy atom. The number of hydrogen-bond donors (Lipinski definition) is 1. The van der Waals surface area contributed by atoms with E-state index in [4.69, 9.17) is 9.47 Å². The molecule has 2 fully saturated rings. The summed E-state index contributed by atoms with van der Waals surface area (Å²) in [6, 6.07) is 1.92. The zero-order valence-corrected chi connectivity index (χ0v) is 26.3. The van der Waals surface area contributed by atoms with Gasteiger partial charge in [0.15, 0.2) is 12.5 Å². The van der Waals surface area contributed by atoms with Crippen LogP contribution < -0.4 is 5.32 Å². The number of pyridine rings is 1. The maximum absolute atomic E-state index is 14.8. The van der Waals surface area contributed by atoms with E-state index in [2.05, 4.69) is 25.5 Å². The van der Waals surface area contributed by atoms with Gasteiger partial charge in [0.1, 0.15) is 22.1 Å². The Kier molecular flexibility index (Phi) is 10.6. The quantitative estimate of drug-likeness (QED) is 0.152. The average molecular weight is 662 g/mol. The first kappa shape index (κ1) is 32.6. The average Bonchev–Trinajstić information content (AvgIpc) is 3.84. The van der Waals surface area contributed by atoms with Crippen molar-refractivity contribution in [2.75, 3.05) is 11.9 Å². The molecule has 15 heteroatoms. The van der Waals surface area contributed by atoms with Crippen molar-refractivity contribution >= 4 is 41.3 Å². The maximum Gasteiger partial charge on any atom is 0.310 e. The largest absolute Gasteiger partial charge is 0.442 e. The predicted molar refractivity (Wildman–Crippen MR) is 165 cm³/mol. The molecule has 0 atom stereocenters. The molecule has 45 heavy (non-hydrogen) atoms. The van der Waals surface area contributed by atoms with E-state index in [1.165, 1.54) is 16.0 Å². The molecule has 0 saturated heterocycles. The van der Waals surface area contributed by atoms with Gasteiger partial charge in [-0.05, 0) is 57.6 Å². The number of nitrogens with one attached hydrogen (secondary N) is 1. The Labute approximate surface area is 268 Å². The van der Waals surface area contributed by atoms with Crippen LogP contribution in [0.4, 0.5) is 14.5 Å². The van der Waals surface area contributed by atoms with Crippen LogP contribution in [0.3, 0.4) is 0 Å². The van der Waals surface area contributed by atoms with E-state index < -0.39 is 17.7 Å². The number of thiazole rings is 1. The van der Waals surface area contributed by atoms with Gasteiger partial charge in [0.25, 0.3) is 5.91 Å². The van der Waals surface area contributed by atoms with E-state index >= 15 is 0 Å². The Morgan fingerprint density at radius 1 is 1.04 bits per heavy atom. The molecule has 4 heterocycles. The summed E-state index contributed by atoms with van der Waals surface area (Å²) in [4.78, 5) is 33.7. The molecule has 1 amide bonds. The number of amides is 1. The zero-order valence-electron chi connectivity index (χ0n) is 24.7. The van der Waals surface area contributed by atoms with Crippen LogP contribution in [0, 0.1) is 17.7 Å². The topological polar surface area (TPSA) is 126 Å². The van der Waals surface area contributed by atoms with Crippen LogP contribution in [-0.2, 0) is 21.0 Å². The number of carbonyl (C=O) groups is 2. The number of carbonyl (C=O) groups excluding carboxylic acids is 2. The van der Waals surface area contributed by atoms with Crippen LogP contribution in [0.15, 0.2) is 36.1 Å². The van der Waals surface area contributed by atoms with Crippen LogP contribution >= 0.6 is 23.7 Å². The minimum absolute atomic E-state index is 0. The van der Waals surface area contributed by atoms with Crippen LogP contribution in [0.5, 0.6) is 0 Å². The lowest BCUT2D eigenvalue weighted by atomic mass is 9.93.